The number of methoxy groups -OCH3 is 2. The summed E-state index contributed by atoms with van der Waals surface area (Å²) in [6, 6.07) is 15.7. The normalized spacial score (nSPS) is 26.5. The first-order chi connectivity index (χ1) is 14.1. The lowest BCUT2D eigenvalue weighted by atomic mass is 9.68. The van der Waals surface area contributed by atoms with Gasteiger partial charge in [0, 0.05) is 24.1 Å². The van der Waals surface area contributed by atoms with Gasteiger partial charge in [0.25, 0.3) is 5.91 Å². The molecule has 1 aliphatic carbocycles. The number of rotatable bonds is 4. The molecule has 154 valence electrons. The number of hydrogen-bond acceptors (Lipinski definition) is 3. The second-order valence-corrected chi connectivity index (χ2v) is 8.85. The predicted molar refractivity (Wildman–Crippen MR) is 115 cm³/mol. The zero-order valence-electron chi connectivity index (χ0n) is 17.1. The highest BCUT2D eigenvalue weighted by Crippen LogP contribution is 2.53. The zero-order chi connectivity index (χ0) is 20.4. The second-order valence-electron chi connectivity index (χ2n) is 8.09. The Balaban J connectivity index is 1.74. The molecule has 0 aromatic heterocycles. The van der Waals surface area contributed by atoms with Crippen LogP contribution in [0.4, 0.5) is 0 Å². The van der Waals surface area contributed by atoms with E-state index in [1.165, 1.54) is 6.42 Å². The fraction of sp³-hybridized carbons (Fsp3) is 0.458. The summed E-state index contributed by atoms with van der Waals surface area (Å²) in [5.41, 5.74) is 1.74. The smallest absolute Gasteiger partial charge is 0.254 e. The van der Waals surface area contributed by atoms with Crippen LogP contribution in [-0.4, -0.2) is 36.4 Å². The fourth-order valence-electron chi connectivity index (χ4n) is 5.03. The van der Waals surface area contributed by atoms with Crippen molar-refractivity contribution in [2.75, 3.05) is 20.8 Å². The molecule has 2 aromatic rings. The SMILES string of the molecule is COc1cc(OC)cc(C(=O)N2CCC3(Cl)CCCCC3C2c2ccccc2)c1. The van der Waals surface area contributed by atoms with E-state index >= 15 is 0 Å². The monoisotopic (exact) mass is 413 g/mol. The van der Waals surface area contributed by atoms with Gasteiger partial charge in [-0.2, -0.15) is 0 Å². The summed E-state index contributed by atoms with van der Waals surface area (Å²) >= 11 is 7.15. The van der Waals surface area contributed by atoms with Gasteiger partial charge in [-0.05, 0) is 37.0 Å². The second kappa shape index (κ2) is 8.27. The van der Waals surface area contributed by atoms with E-state index in [0.29, 0.717) is 23.6 Å². The van der Waals surface area contributed by atoms with Crippen molar-refractivity contribution in [2.45, 2.75) is 43.0 Å². The van der Waals surface area contributed by atoms with E-state index in [1.54, 1.807) is 32.4 Å². The van der Waals surface area contributed by atoms with Crippen molar-refractivity contribution in [3.8, 4) is 11.5 Å². The fourth-order valence-corrected chi connectivity index (χ4v) is 5.47. The largest absolute Gasteiger partial charge is 0.497 e. The Hall–Kier alpha value is -2.20. The van der Waals surface area contributed by atoms with Crippen molar-refractivity contribution >= 4 is 17.5 Å². The number of nitrogens with zero attached hydrogens (tertiary/aromatic N) is 1. The Morgan fingerprint density at radius 1 is 1.03 bits per heavy atom. The molecule has 1 saturated heterocycles. The maximum Gasteiger partial charge on any atom is 0.254 e. The van der Waals surface area contributed by atoms with Gasteiger partial charge in [0.1, 0.15) is 11.5 Å². The molecule has 2 aliphatic rings. The van der Waals surface area contributed by atoms with Gasteiger partial charge in [0.2, 0.25) is 0 Å². The lowest BCUT2D eigenvalue weighted by molar-refractivity contribution is 0.0279. The number of carbonyl (C=O) groups excluding carboxylic acids is 1. The van der Waals surface area contributed by atoms with E-state index in [-0.39, 0.29) is 22.7 Å². The quantitative estimate of drug-likeness (QED) is 0.625. The van der Waals surface area contributed by atoms with Crippen molar-refractivity contribution in [2.24, 2.45) is 5.92 Å². The number of halogens is 1. The number of piperidine rings is 1. The van der Waals surface area contributed by atoms with Crippen LogP contribution in [0.1, 0.15) is 54.1 Å². The molecule has 1 heterocycles. The van der Waals surface area contributed by atoms with Gasteiger partial charge in [-0.3, -0.25) is 4.79 Å². The Morgan fingerprint density at radius 3 is 2.38 bits per heavy atom. The molecule has 3 unspecified atom stereocenters. The molecular weight excluding hydrogens is 386 g/mol. The molecule has 4 nitrogen and oxygen atoms in total. The van der Waals surface area contributed by atoms with Gasteiger partial charge in [0.15, 0.2) is 0 Å². The number of ether oxygens (including phenoxy) is 2. The van der Waals surface area contributed by atoms with Gasteiger partial charge in [-0.25, -0.2) is 0 Å². The third-order valence-electron chi connectivity index (χ3n) is 6.51. The molecule has 0 radical (unpaired) electrons. The molecule has 5 heteroatoms. The number of fused-ring (bicyclic) bond motifs is 1. The summed E-state index contributed by atoms with van der Waals surface area (Å²) in [6.45, 7) is 0.651. The molecule has 2 aromatic carbocycles. The molecule has 1 saturated carbocycles. The molecule has 2 fully saturated rings. The van der Waals surface area contributed by atoms with Crippen molar-refractivity contribution in [1.82, 2.24) is 4.90 Å². The van der Waals surface area contributed by atoms with E-state index in [4.69, 9.17) is 21.1 Å². The number of alkyl halides is 1. The average Bonchev–Trinajstić information content (AvgIpc) is 2.77. The highest BCUT2D eigenvalue weighted by Gasteiger charge is 2.50. The first kappa shape index (κ1) is 20.1. The lowest BCUT2D eigenvalue weighted by Gasteiger charge is -2.52. The summed E-state index contributed by atoms with van der Waals surface area (Å²) in [6.07, 6.45) is 5.24. The number of hydrogen-bond donors (Lipinski definition) is 0. The van der Waals surface area contributed by atoms with Crippen LogP contribution in [0.2, 0.25) is 0 Å². The molecular formula is C24H28ClNO3. The third-order valence-corrected chi connectivity index (χ3v) is 7.17. The molecule has 0 N–H and O–H groups in total. The van der Waals surface area contributed by atoms with Gasteiger partial charge in [0.05, 0.1) is 25.1 Å². The first-order valence-electron chi connectivity index (χ1n) is 10.3. The van der Waals surface area contributed by atoms with Crippen LogP contribution in [0.15, 0.2) is 48.5 Å². The minimum atomic E-state index is -0.221. The molecule has 1 amide bonds. The lowest BCUT2D eigenvalue weighted by Crippen LogP contribution is -2.53. The summed E-state index contributed by atoms with van der Waals surface area (Å²) in [5, 5.41) is 0. The van der Waals surface area contributed by atoms with Crippen LogP contribution in [0.25, 0.3) is 0 Å². The van der Waals surface area contributed by atoms with Crippen LogP contribution in [0.3, 0.4) is 0 Å². The molecule has 29 heavy (non-hydrogen) atoms. The van der Waals surface area contributed by atoms with Crippen LogP contribution in [0.5, 0.6) is 11.5 Å². The van der Waals surface area contributed by atoms with E-state index in [1.807, 2.05) is 23.1 Å². The molecule has 0 spiro atoms. The maximum atomic E-state index is 13.7. The number of carbonyl (C=O) groups is 1. The summed E-state index contributed by atoms with van der Waals surface area (Å²) in [4.78, 5) is 15.5. The average molecular weight is 414 g/mol. The van der Waals surface area contributed by atoms with Crippen LogP contribution in [0, 0.1) is 5.92 Å². The van der Waals surface area contributed by atoms with Crippen LogP contribution < -0.4 is 9.47 Å². The van der Waals surface area contributed by atoms with Gasteiger partial charge in [-0.15, -0.1) is 11.6 Å². The Labute approximate surface area is 177 Å². The van der Waals surface area contributed by atoms with E-state index in [9.17, 15) is 4.79 Å². The van der Waals surface area contributed by atoms with Crippen LogP contribution in [-0.2, 0) is 0 Å². The minimum Gasteiger partial charge on any atom is -0.497 e. The number of benzene rings is 2. The van der Waals surface area contributed by atoms with Crippen molar-refractivity contribution < 1.29 is 14.3 Å². The molecule has 0 bridgehead atoms. The predicted octanol–water partition coefficient (Wildman–Crippen LogP) is 5.46. The highest BCUT2D eigenvalue weighted by atomic mass is 35.5. The standard InChI is InChI=1S/C24H28ClNO3/c1-28-19-14-18(15-20(16-19)29-2)23(27)26-13-12-24(25)11-7-6-10-21(24)22(26)17-8-4-3-5-9-17/h3-5,8-9,14-16,21-22H,6-7,10-13H2,1-2H3. The van der Waals surface area contributed by atoms with E-state index < -0.39 is 0 Å². The van der Waals surface area contributed by atoms with Crippen molar-refractivity contribution in [3.05, 3.63) is 59.7 Å². The van der Waals surface area contributed by atoms with Gasteiger partial charge >= 0.3 is 0 Å². The highest BCUT2D eigenvalue weighted by molar-refractivity contribution is 6.24. The summed E-state index contributed by atoms with van der Waals surface area (Å²) in [5.74, 6) is 1.49. The maximum absolute atomic E-state index is 13.7. The van der Waals surface area contributed by atoms with E-state index in [2.05, 4.69) is 12.1 Å². The van der Waals surface area contributed by atoms with Crippen molar-refractivity contribution in [1.29, 1.82) is 0 Å². The number of amides is 1. The Bertz CT molecular complexity index is 849. The summed E-state index contributed by atoms with van der Waals surface area (Å²) < 4.78 is 10.8. The van der Waals surface area contributed by atoms with Gasteiger partial charge < -0.3 is 14.4 Å². The first-order valence-corrected chi connectivity index (χ1v) is 10.7. The van der Waals surface area contributed by atoms with Crippen molar-refractivity contribution in [3.63, 3.8) is 0 Å². The number of likely N-dealkylation sites (tertiary alicyclic amines) is 1. The molecule has 1 aliphatic heterocycles. The Morgan fingerprint density at radius 2 is 1.72 bits per heavy atom. The van der Waals surface area contributed by atoms with Crippen LogP contribution >= 0.6 is 11.6 Å². The summed E-state index contributed by atoms with van der Waals surface area (Å²) in [7, 11) is 3.20. The Kier molecular flexibility index (Phi) is 5.73. The van der Waals surface area contributed by atoms with Gasteiger partial charge in [-0.1, -0.05) is 43.2 Å². The minimum absolute atomic E-state index is 0.000318. The third kappa shape index (κ3) is 3.83. The topological polar surface area (TPSA) is 38.8 Å². The van der Waals surface area contributed by atoms with E-state index in [0.717, 1.165) is 31.2 Å². The molecule has 4 rings (SSSR count). The molecule has 3 atom stereocenters. The zero-order valence-corrected chi connectivity index (χ0v) is 17.8.